The highest BCUT2D eigenvalue weighted by Gasteiger charge is 2.23. The largest absolute Gasteiger partial charge is 0.478 e. The third kappa shape index (κ3) is 3.83. The lowest BCUT2D eigenvalue weighted by molar-refractivity contribution is 0.0473. The van der Waals surface area contributed by atoms with E-state index >= 15 is 0 Å². The second kappa shape index (κ2) is 8.60. The summed E-state index contributed by atoms with van der Waals surface area (Å²) in [6.07, 6.45) is 0. The van der Waals surface area contributed by atoms with Crippen molar-refractivity contribution < 1.29 is 19.4 Å². The number of carbonyl (C=O) groups is 2. The van der Waals surface area contributed by atoms with E-state index in [2.05, 4.69) is 0 Å². The summed E-state index contributed by atoms with van der Waals surface area (Å²) in [5, 5.41) is 13.4. The van der Waals surface area contributed by atoms with Crippen LogP contribution < -0.4 is 0 Å². The van der Waals surface area contributed by atoms with E-state index in [0.717, 1.165) is 27.1 Å². The van der Waals surface area contributed by atoms with Crippen LogP contribution >= 0.6 is 0 Å². The fourth-order valence-electron chi connectivity index (χ4n) is 4.23. The molecule has 0 aliphatic rings. The fourth-order valence-corrected chi connectivity index (χ4v) is 4.23. The van der Waals surface area contributed by atoms with Gasteiger partial charge in [-0.15, -0.1) is 0 Å². The Balaban J connectivity index is 1.75. The molecule has 0 spiro atoms. The van der Waals surface area contributed by atoms with E-state index in [-0.39, 0.29) is 12.2 Å². The number of carboxylic acids is 1. The van der Waals surface area contributed by atoms with E-state index < -0.39 is 11.9 Å². The van der Waals surface area contributed by atoms with Crippen LogP contribution in [0.1, 0.15) is 26.3 Å². The van der Waals surface area contributed by atoms with Crippen LogP contribution in [0.3, 0.4) is 0 Å². The van der Waals surface area contributed by atoms with Crippen LogP contribution in [-0.2, 0) is 11.3 Å². The minimum absolute atomic E-state index is 0.132. The predicted octanol–water partition coefficient (Wildman–Crippen LogP) is 6.72. The average molecular weight is 432 g/mol. The Morgan fingerprint density at radius 2 is 1.12 bits per heavy atom. The Hall–Kier alpha value is -4.44. The van der Waals surface area contributed by atoms with Gasteiger partial charge in [0.2, 0.25) is 0 Å². The van der Waals surface area contributed by atoms with Crippen LogP contribution in [0.5, 0.6) is 0 Å². The van der Waals surface area contributed by atoms with E-state index in [9.17, 15) is 14.7 Å². The van der Waals surface area contributed by atoms with E-state index in [1.165, 1.54) is 0 Å². The van der Waals surface area contributed by atoms with Gasteiger partial charge < -0.3 is 9.84 Å². The Bertz CT molecular complexity index is 1500. The molecule has 33 heavy (non-hydrogen) atoms. The number of carboxylic acid groups (broad SMARTS) is 1. The third-order valence-corrected chi connectivity index (χ3v) is 5.77. The van der Waals surface area contributed by atoms with Gasteiger partial charge in [-0.2, -0.15) is 0 Å². The van der Waals surface area contributed by atoms with Crippen LogP contribution in [-0.4, -0.2) is 17.0 Å². The second-order valence-corrected chi connectivity index (χ2v) is 7.79. The molecule has 0 atom stereocenters. The van der Waals surface area contributed by atoms with Crippen LogP contribution in [0, 0.1) is 0 Å². The second-order valence-electron chi connectivity index (χ2n) is 7.79. The van der Waals surface area contributed by atoms with Gasteiger partial charge in [-0.3, -0.25) is 0 Å². The maximum absolute atomic E-state index is 13.3. The molecule has 0 fully saturated rings. The zero-order chi connectivity index (χ0) is 22.8. The molecular formula is C29H20O4. The van der Waals surface area contributed by atoms with Crippen molar-refractivity contribution in [1.29, 1.82) is 0 Å². The summed E-state index contributed by atoms with van der Waals surface area (Å²) in [7, 11) is 0. The van der Waals surface area contributed by atoms with Gasteiger partial charge in [-0.1, -0.05) is 91.0 Å². The van der Waals surface area contributed by atoms with Gasteiger partial charge in [-0.05, 0) is 39.2 Å². The summed E-state index contributed by atoms with van der Waals surface area (Å²) < 4.78 is 5.65. The van der Waals surface area contributed by atoms with Crippen LogP contribution in [0.15, 0.2) is 103 Å². The first-order valence-corrected chi connectivity index (χ1v) is 10.6. The van der Waals surface area contributed by atoms with Gasteiger partial charge in [0.15, 0.2) is 0 Å². The van der Waals surface area contributed by atoms with E-state index in [4.69, 9.17) is 4.74 Å². The number of carbonyl (C=O) groups excluding carboxylic acids is 1. The molecule has 0 bridgehead atoms. The lowest BCUT2D eigenvalue weighted by Gasteiger charge is -2.17. The summed E-state index contributed by atoms with van der Waals surface area (Å²) in [6.45, 7) is 0.132. The molecule has 0 saturated heterocycles. The maximum Gasteiger partial charge on any atom is 0.339 e. The minimum atomic E-state index is -1.05. The van der Waals surface area contributed by atoms with Crippen molar-refractivity contribution in [2.45, 2.75) is 6.61 Å². The lowest BCUT2D eigenvalue weighted by Crippen LogP contribution is -2.09. The van der Waals surface area contributed by atoms with E-state index in [1.54, 1.807) is 18.2 Å². The Morgan fingerprint density at radius 1 is 0.606 bits per heavy atom. The van der Waals surface area contributed by atoms with Crippen molar-refractivity contribution in [3.63, 3.8) is 0 Å². The van der Waals surface area contributed by atoms with Gasteiger partial charge >= 0.3 is 11.9 Å². The van der Waals surface area contributed by atoms with Crippen molar-refractivity contribution in [3.8, 4) is 11.1 Å². The van der Waals surface area contributed by atoms with E-state index in [1.807, 2.05) is 84.9 Å². The van der Waals surface area contributed by atoms with Gasteiger partial charge in [0.05, 0.1) is 11.1 Å². The first kappa shape index (κ1) is 20.5. The van der Waals surface area contributed by atoms with Crippen molar-refractivity contribution in [2.75, 3.05) is 0 Å². The number of rotatable bonds is 5. The number of aromatic carboxylic acids is 1. The summed E-state index contributed by atoms with van der Waals surface area (Å²) in [5.41, 5.74) is 2.44. The molecule has 5 aromatic carbocycles. The van der Waals surface area contributed by atoms with Crippen molar-refractivity contribution >= 4 is 33.5 Å². The maximum atomic E-state index is 13.3. The highest BCUT2D eigenvalue weighted by Crippen LogP contribution is 2.39. The quantitative estimate of drug-likeness (QED) is 0.313. The molecule has 0 heterocycles. The van der Waals surface area contributed by atoms with E-state index in [0.29, 0.717) is 16.7 Å². The lowest BCUT2D eigenvalue weighted by atomic mass is 9.87. The molecule has 0 radical (unpaired) electrons. The van der Waals surface area contributed by atoms with Crippen molar-refractivity contribution in [3.05, 3.63) is 120 Å². The zero-order valence-corrected chi connectivity index (χ0v) is 17.7. The highest BCUT2D eigenvalue weighted by molar-refractivity contribution is 6.17. The third-order valence-electron chi connectivity index (χ3n) is 5.77. The Labute approximate surface area is 190 Å². The molecule has 4 nitrogen and oxygen atoms in total. The van der Waals surface area contributed by atoms with Gasteiger partial charge in [0.1, 0.15) is 6.61 Å². The normalized spacial score (nSPS) is 10.9. The summed E-state index contributed by atoms with van der Waals surface area (Å²) in [4.78, 5) is 25.6. The number of ether oxygens (including phenoxy) is 1. The highest BCUT2D eigenvalue weighted by atomic mass is 16.5. The average Bonchev–Trinajstić information content (AvgIpc) is 2.86. The Morgan fingerprint density at radius 3 is 1.73 bits per heavy atom. The zero-order valence-electron chi connectivity index (χ0n) is 17.7. The number of esters is 1. The Kier molecular flexibility index (Phi) is 5.33. The first-order chi connectivity index (χ1) is 16.1. The predicted molar refractivity (Wildman–Crippen MR) is 129 cm³/mol. The van der Waals surface area contributed by atoms with Gasteiger partial charge in [0.25, 0.3) is 0 Å². The summed E-state index contributed by atoms with van der Waals surface area (Å²) >= 11 is 0. The first-order valence-electron chi connectivity index (χ1n) is 10.6. The fraction of sp³-hybridized carbons (Fsp3) is 0.0345. The summed E-state index contributed by atoms with van der Waals surface area (Å²) in [6, 6.07) is 31.7. The molecule has 0 saturated carbocycles. The smallest absolute Gasteiger partial charge is 0.339 e. The van der Waals surface area contributed by atoms with Gasteiger partial charge in [-0.25, -0.2) is 9.59 Å². The van der Waals surface area contributed by atoms with Crippen molar-refractivity contribution in [2.24, 2.45) is 0 Å². The van der Waals surface area contributed by atoms with Crippen molar-refractivity contribution in [1.82, 2.24) is 0 Å². The molecule has 0 aliphatic carbocycles. The van der Waals surface area contributed by atoms with Gasteiger partial charge in [0, 0.05) is 11.1 Å². The number of hydrogen-bond donors (Lipinski definition) is 1. The topological polar surface area (TPSA) is 63.6 Å². The summed E-state index contributed by atoms with van der Waals surface area (Å²) in [5.74, 6) is -1.55. The molecule has 5 rings (SSSR count). The minimum Gasteiger partial charge on any atom is -0.478 e. The molecule has 160 valence electrons. The molecule has 4 heteroatoms. The standard InChI is InChI=1S/C29H20O4/c30-28(31)24-16-14-20-10-4-6-12-22(20)26(24)27-23-13-7-5-11-21(23)15-17-25(27)29(32)33-18-19-8-2-1-3-9-19/h1-17H,18H2,(H,30,31). The van der Waals surface area contributed by atoms with Crippen LogP contribution in [0.25, 0.3) is 32.7 Å². The number of hydrogen-bond acceptors (Lipinski definition) is 3. The molecule has 0 amide bonds. The molecule has 0 unspecified atom stereocenters. The number of benzene rings is 5. The van der Waals surface area contributed by atoms with Crippen LogP contribution in [0.2, 0.25) is 0 Å². The molecule has 1 N–H and O–H groups in total. The SMILES string of the molecule is O=C(O)c1ccc2ccccc2c1-c1c(C(=O)OCc2ccccc2)ccc2ccccc12. The molecule has 5 aromatic rings. The molecular weight excluding hydrogens is 412 g/mol. The van der Waals surface area contributed by atoms with Crippen LogP contribution in [0.4, 0.5) is 0 Å². The molecule has 0 aromatic heterocycles. The monoisotopic (exact) mass is 432 g/mol. The number of fused-ring (bicyclic) bond motifs is 2. The molecule has 0 aliphatic heterocycles.